The van der Waals surface area contributed by atoms with Crippen molar-refractivity contribution in [3.8, 4) is 5.69 Å². The number of amides is 1. The Morgan fingerprint density at radius 2 is 1.84 bits per heavy atom. The summed E-state index contributed by atoms with van der Waals surface area (Å²) >= 11 is 3.56. The van der Waals surface area contributed by atoms with E-state index >= 15 is 0 Å². The monoisotopic (exact) mass is 507 g/mol. The van der Waals surface area contributed by atoms with E-state index in [1.54, 1.807) is 15.7 Å². The number of piperazine rings is 1. The third-order valence-corrected chi connectivity index (χ3v) is 5.79. The van der Waals surface area contributed by atoms with Gasteiger partial charge in [-0.15, -0.1) is 0 Å². The fourth-order valence-corrected chi connectivity index (χ4v) is 4.42. The van der Waals surface area contributed by atoms with Crippen LogP contribution in [0.3, 0.4) is 0 Å². The zero-order chi connectivity index (χ0) is 23.2. The molecule has 0 N–H and O–H groups in total. The molecule has 0 spiro atoms. The molecule has 1 saturated heterocycles. The van der Waals surface area contributed by atoms with E-state index in [0.717, 1.165) is 11.5 Å². The van der Waals surface area contributed by atoms with Crippen molar-refractivity contribution in [2.24, 2.45) is 0 Å². The molecular formula is C22H24BrF2N5O2. The molecule has 0 aliphatic carbocycles. The van der Waals surface area contributed by atoms with Crippen molar-refractivity contribution >= 4 is 38.9 Å². The highest BCUT2D eigenvalue weighted by molar-refractivity contribution is 9.10. The Balaban J connectivity index is 1.66. The normalized spacial score (nSPS) is 17.2. The molecule has 3 aromatic rings. The van der Waals surface area contributed by atoms with Crippen molar-refractivity contribution < 1.29 is 18.3 Å². The maximum atomic E-state index is 13.8. The number of anilines is 1. The predicted molar refractivity (Wildman–Crippen MR) is 121 cm³/mol. The van der Waals surface area contributed by atoms with Crippen molar-refractivity contribution in [1.29, 1.82) is 0 Å². The van der Waals surface area contributed by atoms with Crippen LogP contribution in [-0.2, 0) is 4.74 Å². The van der Waals surface area contributed by atoms with Gasteiger partial charge in [0.15, 0.2) is 5.65 Å². The summed E-state index contributed by atoms with van der Waals surface area (Å²) in [5, 5.41) is 0.731. The molecule has 1 fully saturated rings. The molecule has 1 aliphatic rings. The molecule has 170 valence electrons. The van der Waals surface area contributed by atoms with Crippen LogP contribution in [0.1, 0.15) is 27.7 Å². The lowest BCUT2D eigenvalue weighted by atomic mass is 10.1. The first kappa shape index (κ1) is 22.4. The Morgan fingerprint density at radius 3 is 2.47 bits per heavy atom. The summed E-state index contributed by atoms with van der Waals surface area (Å²) in [5.74, 6) is -0.646. The van der Waals surface area contributed by atoms with E-state index < -0.39 is 17.2 Å². The number of hydrogen-bond acceptors (Lipinski definition) is 5. The molecule has 0 radical (unpaired) electrons. The zero-order valence-corrected chi connectivity index (χ0v) is 19.9. The van der Waals surface area contributed by atoms with Gasteiger partial charge in [-0.05, 0) is 55.8 Å². The van der Waals surface area contributed by atoms with E-state index in [1.807, 2.05) is 27.7 Å². The highest BCUT2D eigenvalue weighted by atomic mass is 79.9. The van der Waals surface area contributed by atoms with E-state index in [-0.39, 0.29) is 12.1 Å². The van der Waals surface area contributed by atoms with Gasteiger partial charge in [0.2, 0.25) is 0 Å². The van der Waals surface area contributed by atoms with Gasteiger partial charge < -0.3 is 14.5 Å². The second-order valence-corrected chi connectivity index (χ2v) is 9.69. The summed E-state index contributed by atoms with van der Waals surface area (Å²) in [6.45, 7) is 9.06. The molecule has 10 heteroatoms. The van der Waals surface area contributed by atoms with E-state index in [0.29, 0.717) is 41.3 Å². The van der Waals surface area contributed by atoms with Crippen LogP contribution in [0.4, 0.5) is 19.4 Å². The molecule has 1 atom stereocenters. The first-order chi connectivity index (χ1) is 15.0. The molecular weight excluding hydrogens is 484 g/mol. The number of hydrogen-bond donors (Lipinski definition) is 0. The van der Waals surface area contributed by atoms with E-state index in [4.69, 9.17) is 4.74 Å². The third kappa shape index (κ3) is 4.41. The Kier molecular flexibility index (Phi) is 5.83. The van der Waals surface area contributed by atoms with Crippen LogP contribution in [0, 0.1) is 11.6 Å². The number of nitrogens with zero attached hydrogens (tertiary/aromatic N) is 5. The molecule has 0 saturated carbocycles. The van der Waals surface area contributed by atoms with E-state index in [9.17, 15) is 13.6 Å². The highest BCUT2D eigenvalue weighted by Crippen LogP contribution is 2.35. The smallest absolute Gasteiger partial charge is 0.410 e. The number of halogens is 3. The largest absolute Gasteiger partial charge is 0.444 e. The average Bonchev–Trinajstić information content (AvgIpc) is 3.03. The van der Waals surface area contributed by atoms with Crippen molar-refractivity contribution in [3.05, 3.63) is 46.8 Å². The Hall–Kier alpha value is -2.75. The molecule has 1 unspecified atom stereocenters. The molecule has 4 rings (SSSR count). The fourth-order valence-electron chi connectivity index (χ4n) is 3.86. The van der Waals surface area contributed by atoms with Crippen molar-refractivity contribution in [2.75, 3.05) is 24.5 Å². The van der Waals surface area contributed by atoms with Crippen LogP contribution in [-0.4, -0.2) is 56.8 Å². The van der Waals surface area contributed by atoms with E-state index in [1.165, 1.54) is 18.5 Å². The van der Waals surface area contributed by atoms with Gasteiger partial charge in [0.1, 0.15) is 29.4 Å². The van der Waals surface area contributed by atoms with Gasteiger partial charge in [-0.1, -0.05) is 0 Å². The molecule has 7 nitrogen and oxygen atoms in total. The lowest BCUT2D eigenvalue weighted by molar-refractivity contribution is 0.0218. The summed E-state index contributed by atoms with van der Waals surface area (Å²) in [7, 11) is 0. The first-order valence-electron chi connectivity index (χ1n) is 10.3. The summed E-state index contributed by atoms with van der Waals surface area (Å²) in [5.41, 5.74) is 0.291. The van der Waals surface area contributed by atoms with Crippen LogP contribution < -0.4 is 4.90 Å². The summed E-state index contributed by atoms with van der Waals surface area (Å²) in [4.78, 5) is 25.1. The predicted octanol–water partition coefficient (Wildman–Crippen LogP) is 4.91. The van der Waals surface area contributed by atoms with Crippen LogP contribution in [0.15, 0.2) is 35.2 Å². The van der Waals surface area contributed by atoms with Gasteiger partial charge in [-0.2, -0.15) is 0 Å². The third-order valence-electron chi connectivity index (χ3n) is 5.19. The maximum Gasteiger partial charge on any atom is 0.410 e. The quantitative estimate of drug-likeness (QED) is 0.493. The summed E-state index contributed by atoms with van der Waals surface area (Å²) < 4.78 is 35.4. The molecule has 2 aromatic heterocycles. The first-order valence-corrected chi connectivity index (χ1v) is 11.1. The summed E-state index contributed by atoms with van der Waals surface area (Å²) in [6, 6.07) is 3.30. The van der Waals surface area contributed by atoms with Gasteiger partial charge in [0.05, 0.1) is 11.1 Å². The minimum absolute atomic E-state index is 0.0313. The van der Waals surface area contributed by atoms with Gasteiger partial charge in [0, 0.05) is 42.4 Å². The Labute approximate surface area is 193 Å². The minimum Gasteiger partial charge on any atom is -0.444 e. The SMILES string of the molecule is CC1CN(C(=O)OC(C)(C)C)CCN1c1ncnc2c1c(Br)cn2-c1cc(F)cc(F)c1. The zero-order valence-electron chi connectivity index (χ0n) is 18.3. The minimum atomic E-state index is -0.667. The molecule has 0 bridgehead atoms. The van der Waals surface area contributed by atoms with Gasteiger partial charge in [-0.3, -0.25) is 4.57 Å². The average molecular weight is 508 g/mol. The molecule has 1 aliphatic heterocycles. The summed E-state index contributed by atoms with van der Waals surface area (Å²) in [6.07, 6.45) is 2.82. The molecule has 32 heavy (non-hydrogen) atoms. The number of fused-ring (bicyclic) bond motifs is 1. The molecule has 3 heterocycles. The number of carbonyl (C=O) groups is 1. The number of carbonyl (C=O) groups excluding carboxylic acids is 1. The number of aromatic nitrogens is 3. The lowest BCUT2D eigenvalue weighted by Crippen LogP contribution is -2.54. The van der Waals surface area contributed by atoms with E-state index in [2.05, 4.69) is 30.8 Å². The fraction of sp³-hybridized carbons (Fsp3) is 0.409. The van der Waals surface area contributed by atoms with Crippen molar-refractivity contribution in [2.45, 2.75) is 39.3 Å². The molecule has 1 amide bonds. The maximum absolute atomic E-state index is 13.8. The van der Waals surface area contributed by atoms with Gasteiger partial charge in [-0.25, -0.2) is 23.5 Å². The van der Waals surface area contributed by atoms with Crippen LogP contribution >= 0.6 is 15.9 Å². The van der Waals surface area contributed by atoms with Crippen molar-refractivity contribution in [1.82, 2.24) is 19.4 Å². The second-order valence-electron chi connectivity index (χ2n) is 8.84. The van der Waals surface area contributed by atoms with Crippen molar-refractivity contribution in [3.63, 3.8) is 0 Å². The highest BCUT2D eigenvalue weighted by Gasteiger charge is 2.32. The van der Waals surface area contributed by atoms with Crippen LogP contribution in [0.5, 0.6) is 0 Å². The van der Waals surface area contributed by atoms with Crippen LogP contribution in [0.2, 0.25) is 0 Å². The van der Waals surface area contributed by atoms with Gasteiger partial charge >= 0.3 is 6.09 Å². The number of benzene rings is 1. The van der Waals surface area contributed by atoms with Gasteiger partial charge in [0.25, 0.3) is 0 Å². The van der Waals surface area contributed by atoms with Crippen LogP contribution in [0.25, 0.3) is 16.7 Å². The second kappa shape index (κ2) is 8.31. The lowest BCUT2D eigenvalue weighted by Gasteiger charge is -2.41. The molecule has 1 aromatic carbocycles. The topological polar surface area (TPSA) is 63.5 Å². The number of rotatable bonds is 2. The Bertz CT molecular complexity index is 1160. The number of ether oxygens (including phenoxy) is 1. The standard InChI is InChI=1S/C22H24BrF2N5O2/c1-13-10-28(21(31)32-22(2,3)4)5-6-29(13)19-18-17(23)11-30(20(18)27-12-26-19)16-8-14(24)7-15(25)9-16/h7-9,11-13H,5-6,10H2,1-4H3. The Morgan fingerprint density at radius 1 is 1.16 bits per heavy atom.